The second kappa shape index (κ2) is 9.44. The minimum atomic E-state index is -0.0746. The van der Waals surface area contributed by atoms with Crippen molar-refractivity contribution in [2.75, 3.05) is 24.5 Å². The van der Waals surface area contributed by atoms with E-state index in [1.165, 1.54) is 18.1 Å². The largest absolute Gasteiger partial charge is 0.472 e. The first-order valence-electron chi connectivity index (χ1n) is 10.4. The molecule has 0 saturated carbocycles. The van der Waals surface area contributed by atoms with E-state index in [-0.39, 0.29) is 17.7 Å². The fourth-order valence-electron chi connectivity index (χ4n) is 3.98. The average Bonchev–Trinajstić information content (AvgIpc) is 3.35. The highest BCUT2D eigenvalue weighted by atomic mass is 16.3. The quantitative estimate of drug-likeness (QED) is 0.614. The van der Waals surface area contributed by atoms with E-state index in [4.69, 9.17) is 4.42 Å². The van der Waals surface area contributed by atoms with Gasteiger partial charge in [-0.2, -0.15) is 0 Å². The Hall–Kier alpha value is -3.34. The smallest absolute Gasteiger partial charge is 0.257 e. The standard InChI is InChI=1S/C25H26N2O3/c28-24(22-14-18-30-19-22)26-15-12-21(13-16-26)25(29)27(23-9-5-2-6-10-23)17-11-20-7-3-1-4-8-20/h1-10,14,18-19,21H,11-13,15-17H2. The third-order valence-corrected chi connectivity index (χ3v) is 5.70. The van der Waals surface area contributed by atoms with Gasteiger partial charge < -0.3 is 14.2 Å². The molecule has 5 nitrogen and oxygen atoms in total. The van der Waals surface area contributed by atoms with E-state index in [9.17, 15) is 9.59 Å². The van der Waals surface area contributed by atoms with Crippen LogP contribution in [-0.2, 0) is 11.2 Å². The molecule has 1 saturated heterocycles. The molecule has 1 aromatic heterocycles. The van der Waals surface area contributed by atoms with Crippen LogP contribution in [0.25, 0.3) is 0 Å². The van der Waals surface area contributed by atoms with Crippen molar-refractivity contribution in [1.82, 2.24) is 4.90 Å². The number of para-hydroxylation sites is 1. The number of hydrogen-bond acceptors (Lipinski definition) is 3. The molecular formula is C25H26N2O3. The first-order chi connectivity index (χ1) is 14.7. The molecule has 0 spiro atoms. The third-order valence-electron chi connectivity index (χ3n) is 5.70. The molecule has 154 valence electrons. The highest BCUT2D eigenvalue weighted by Gasteiger charge is 2.31. The molecule has 30 heavy (non-hydrogen) atoms. The van der Waals surface area contributed by atoms with Crippen molar-refractivity contribution in [3.05, 3.63) is 90.4 Å². The molecule has 3 aromatic rings. The number of likely N-dealkylation sites (tertiary alicyclic amines) is 1. The molecule has 0 aliphatic carbocycles. The van der Waals surface area contributed by atoms with E-state index >= 15 is 0 Å². The van der Waals surface area contributed by atoms with Gasteiger partial charge in [-0.25, -0.2) is 0 Å². The van der Waals surface area contributed by atoms with Crippen LogP contribution in [0.2, 0.25) is 0 Å². The van der Waals surface area contributed by atoms with E-state index in [1.807, 2.05) is 58.3 Å². The van der Waals surface area contributed by atoms with Gasteiger partial charge in [0, 0.05) is 31.2 Å². The van der Waals surface area contributed by atoms with Gasteiger partial charge in [0.05, 0.1) is 11.8 Å². The number of anilines is 1. The van der Waals surface area contributed by atoms with Crippen molar-refractivity contribution in [2.24, 2.45) is 5.92 Å². The molecule has 4 rings (SSSR count). The van der Waals surface area contributed by atoms with Crippen LogP contribution in [0.1, 0.15) is 28.8 Å². The van der Waals surface area contributed by atoms with Crippen LogP contribution in [0.4, 0.5) is 5.69 Å². The fourth-order valence-corrected chi connectivity index (χ4v) is 3.98. The summed E-state index contributed by atoms with van der Waals surface area (Å²) in [6, 6.07) is 21.8. The molecule has 1 aliphatic rings. The summed E-state index contributed by atoms with van der Waals surface area (Å²) in [5, 5.41) is 0. The van der Waals surface area contributed by atoms with Gasteiger partial charge in [-0.05, 0) is 43.0 Å². The second-order valence-corrected chi connectivity index (χ2v) is 7.64. The fraction of sp³-hybridized carbons (Fsp3) is 0.280. The van der Waals surface area contributed by atoms with Crippen LogP contribution < -0.4 is 4.90 Å². The molecule has 0 radical (unpaired) electrons. The zero-order valence-corrected chi connectivity index (χ0v) is 16.9. The van der Waals surface area contributed by atoms with Gasteiger partial charge in [0.15, 0.2) is 0 Å². The third kappa shape index (κ3) is 4.62. The molecule has 0 N–H and O–H groups in total. The summed E-state index contributed by atoms with van der Waals surface area (Å²) in [5.41, 5.74) is 2.70. The van der Waals surface area contributed by atoms with Gasteiger partial charge in [-0.15, -0.1) is 0 Å². The monoisotopic (exact) mass is 402 g/mol. The lowest BCUT2D eigenvalue weighted by Crippen LogP contribution is -2.45. The second-order valence-electron chi connectivity index (χ2n) is 7.64. The Morgan fingerprint density at radius 3 is 2.23 bits per heavy atom. The van der Waals surface area contributed by atoms with Gasteiger partial charge in [0.25, 0.3) is 5.91 Å². The molecule has 2 aromatic carbocycles. The number of benzene rings is 2. The first-order valence-corrected chi connectivity index (χ1v) is 10.4. The van der Waals surface area contributed by atoms with Crippen LogP contribution in [0, 0.1) is 5.92 Å². The summed E-state index contributed by atoms with van der Waals surface area (Å²) < 4.78 is 5.02. The van der Waals surface area contributed by atoms with Gasteiger partial charge >= 0.3 is 0 Å². The number of rotatable bonds is 6. The topological polar surface area (TPSA) is 53.8 Å². The minimum Gasteiger partial charge on any atom is -0.472 e. The molecule has 5 heteroatoms. The highest BCUT2D eigenvalue weighted by Crippen LogP contribution is 2.25. The Morgan fingerprint density at radius 2 is 1.60 bits per heavy atom. The van der Waals surface area contributed by atoms with Crippen LogP contribution in [0.15, 0.2) is 83.7 Å². The lowest BCUT2D eigenvalue weighted by Gasteiger charge is -2.34. The maximum atomic E-state index is 13.4. The maximum absolute atomic E-state index is 13.4. The number of piperidine rings is 1. The number of furan rings is 1. The van der Waals surface area contributed by atoms with Gasteiger partial charge in [-0.3, -0.25) is 9.59 Å². The predicted molar refractivity (Wildman–Crippen MR) is 116 cm³/mol. The molecule has 0 bridgehead atoms. The number of nitrogens with zero attached hydrogens (tertiary/aromatic N) is 2. The van der Waals surface area contributed by atoms with E-state index < -0.39 is 0 Å². The van der Waals surface area contributed by atoms with E-state index in [1.54, 1.807) is 6.07 Å². The zero-order chi connectivity index (χ0) is 20.8. The van der Waals surface area contributed by atoms with Gasteiger partial charge in [0.2, 0.25) is 5.91 Å². The Labute approximate surface area is 176 Å². The van der Waals surface area contributed by atoms with E-state index in [2.05, 4.69) is 12.1 Å². The summed E-state index contributed by atoms with van der Waals surface area (Å²) >= 11 is 0. The van der Waals surface area contributed by atoms with E-state index in [0.717, 1.165) is 12.1 Å². The Kier molecular flexibility index (Phi) is 6.28. The first kappa shape index (κ1) is 20.0. The molecule has 0 atom stereocenters. The number of carbonyl (C=O) groups is 2. The zero-order valence-electron chi connectivity index (χ0n) is 16.9. The van der Waals surface area contributed by atoms with Crippen molar-refractivity contribution >= 4 is 17.5 Å². The van der Waals surface area contributed by atoms with Crippen LogP contribution in [-0.4, -0.2) is 36.3 Å². The normalized spacial score (nSPS) is 14.5. The van der Waals surface area contributed by atoms with Crippen molar-refractivity contribution in [3.63, 3.8) is 0 Å². The summed E-state index contributed by atoms with van der Waals surface area (Å²) in [7, 11) is 0. The van der Waals surface area contributed by atoms with Crippen molar-refractivity contribution < 1.29 is 14.0 Å². The van der Waals surface area contributed by atoms with Crippen molar-refractivity contribution in [1.29, 1.82) is 0 Å². The minimum absolute atomic E-state index is 0.0290. The summed E-state index contributed by atoms with van der Waals surface area (Å²) in [4.78, 5) is 29.7. The number of amides is 2. The van der Waals surface area contributed by atoms with Crippen LogP contribution >= 0.6 is 0 Å². The van der Waals surface area contributed by atoms with E-state index in [0.29, 0.717) is 38.0 Å². The van der Waals surface area contributed by atoms with Crippen molar-refractivity contribution in [2.45, 2.75) is 19.3 Å². The van der Waals surface area contributed by atoms with Gasteiger partial charge in [-0.1, -0.05) is 48.5 Å². The SMILES string of the molecule is O=C(c1ccoc1)N1CCC(C(=O)N(CCc2ccccc2)c2ccccc2)CC1. The average molecular weight is 402 g/mol. The van der Waals surface area contributed by atoms with Crippen molar-refractivity contribution in [3.8, 4) is 0 Å². The molecule has 2 heterocycles. The van der Waals surface area contributed by atoms with Crippen LogP contribution in [0.3, 0.4) is 0 Å². The van der Waals surface area contributed by atoms with Crippen LogP contribution in [0.5, 0.6) is 0 Å². The molecule has 1 fully saturated rings. The predicted octanol–water partition coefficient (Wildman–Crippen LogP) is 4.41. The maximum Gasteiger partial charge on any atom is 0.257 e. The lowest BCUT2D eigenvalue weighted by atomic mass is 9.94. The highest BCUT2D eigenvalue weighted by molar-refractivity contribution is 5.96. The number of hydrogen-bond donors (Lipinski definition) is 0. The summed E-state index contributed by atoms with van der Waals surface area (Å²) in [5.74, 6) is 0.0422. The summed E-state index contributed by atoms with van der Waals surface area (Å²) in [6.45, 7) is 1.81. The Bertz CT molecular complexity index is 947. The molecule has 1 aliphatic heterocycles. The van der Waals surface area contributed by atoms with Gasteiger partial charge in [0.1, 0.15) is 6.26 Å². The molecular weight excluding hydrogens is 376 g/mol. The summed E-state index contributed by atoms with van der Waals surface area (Å²) in [6.07, 6.45) is 5.14. The molecule has 2 amide bonds. The Balaban J connectivity index is 1.42. The molecule has 0 unspecified atom stereocenters. The Morgan fingerprint density at radius 1 is 0.933 bits per heavy atom. The lowest BCUT2D eigenvalue weighted by molar-refractivity contribution is -0.123. The number of carbonyl (C=O) groups excluding carboxylic acids is 2.